The number of piperidine rings is 1. The summed E-state index contributed by atoms with van der Waals surface area (Å²) in [5.41, 5.74) is 0.698. The summed E-state index contributed by atoms with van der Waals surface area (Å²) in [4.78, 5) is 0.342. The second-order valence-corrected chi connectivity index (χ2v) is 8.15. The van der Waals surface area contributed by atoms with Crippen molar-refractivity contribution in [2.75, 3.05) is 19.6 Å². The molecule has 1 aliphatic heterocycles. The summed E-state index contributed by atoms with van der Waals surface area (Å²) < 4.78 is 28.5. The molecule has 0 atom stereocenters. The molecule has 6 nitrogen and oxygen atoms in total. The zero-order valence-corrected chi connectivity index (χ0v) is 13.6. The average molecular weight is 312 g/mol. The molecule has 0 bridgehead atoms. The van der Waals surface area contributed by atoms with E-state index in [1.54, 1.807) is 23.0 Å². The second-order valence-electron chi connectivity index (χ2n) is 6.25. The number of nitrogens with one attached hydrogen (secondary N) is 1. The van der Waals surface area contributed by atoms with E-state index in [1.165, 1.54) is 19.0 Å². The Bertz CT molecular complexity index is 598. The first-order valence-electron chi connectivity index (χ1n) is 7.70. The van der Waals surface area contributed by atoms with E-state index in [0.29, 0.717) is 29.7 Å². The number of hydrogen-bond acceptors (Lipinski definition) is 4. The maximum Gasteiger partial charge on any atom is 0.246 e. The van der Waals surface area contributed by atoms with Gasteiger partial charge in [0.15, 0.2) is 0 Å². The maximum absolute atomic E-state index is 12.7. The Morgan fingerprint density at radius 3 is 2.48 bits per heavy atom. The minimum Gasteiger partial charge on any atom is -0.314 e. The smallest absolute Gasteiger partial charge is 0.246 e. The van der Waals surface area contributed by atoms with Gasteiger partial charge in [0, 0.05) is 26.2 Å². The minimum atomic E-state index is -3.39. The van der Waals surface area contributed by atoms with Crippen LogP contribution in [0.5, 0.6) is 0 Å². The Morgan fingerprint density at radius 1 is 1.29 bits per heavy atom. The third-order valence-electron chi connectivity index (χ3n) is 4.65. The standard InChI is InChI=1S/C14H24N4O2S/c1-11-14(10-16-17(11)2)21(19,20)18-7-5-13(6-8-18)15-9-12-3-4-12/h10,12-13,15H,3-9H2,1-2H3. The molecule has 1 aromatic rings. The number of aryl methyl sites for hydroxylation is 1. The molecule has 1 aromatic heterocycles. The number of rotatable bonds is 5. The molecular formula is C14H24N4O2S. The van der Waals surface area contributed by atoms with Gasteiger partial charge < -0.3 is 5.32 Å². The van der Waals surface area contributed by atoms with E-state index in [0.717, 1.165) is 25.3 Å². The van der Waals surface area contributed by atoms with E-state index in [2.05, 4.69) is 10.4 Å². The Hall–Kier alpha value is -0.920. The van der Waals surface area contributed by atoms with Gasteiger partial charge in [-0.15, -0.1) is 0 Å². The van der Waals surface area contributed by atoms with Crippen LogP contribution in [0.15, 0.2) is 11.1 Å². The number of nitrogens with zero attached hydrogens (tertiary/aromatic N) is 3. The lowest BCUT2D eigenvalue weighted by atomic mass is 10.1. The van der Waals surface area contributed by atoms with Gasteiger partial charge >= 0.3 is 0 Å². The van der Waals surface area contributed by atoms with Crippen LogP contribution in [0, 0.1) is 12.8 Å². The van der Waals surface area contributed by atoms with Crippen molar-refractivity contribution in [3.63, 3.8) is 0 Å². The van der Waals surface area contributed by atoms with Gasteiger partial charge in [0.25, 0.3) is 0 Å². The molecule has 0 amide bonds. The van der Waals surface area contributed by atoms with Gasteiger partial charge in [0.1, 0.15) is 4.90 Å². The van der Waals surface area contributed by atoms with Crippen molar-refractivity contribution in [3.05, 3.63) is 11.9 Å². The van der Waals surface area contributed by atoms with Crippen LogP contribution in [-0.2, 0) is 17.1 Å². The molecule has 2 fully saturated rings. The first kappa shape index (κ1) is 15.0. The van der Waals surface area contributed by atoms with Crippen LogP contribution in [0.3, 0.4) is 0 Å². The molecular weight excluding hydrogens is 288 g/mol. The second kappa shape index (κ2) is 5.70. The van der Waals surface area contributed by atoms with Crippen LogP contribution < -0.4 is 5.32 Å². The van der Waals surface area contributed by atoms with E-state index >= 15 is 0 Å². The molecule has 118 valence electrons. The summed E-state index contributed by atoms with van der Waals surface area (Å²) in [5.74, 6) is 0.866. The van der Waals surface area contributed by atoms with Crippen molar-refractivity contribution in [1.29, 1.82) is 0 Å². The Balaban J connectivity index is 1.61. The van der Waals surface area contributed by atoms with Crippen LogP contribution in [-0.4, -0.2) is 48.2 Å². The summed E-state index contributed by atoms with van der Waals surface area (Å²) in [7, 11) is -1.63. The zero-order chi connectivity index (χ0) is 15.0. The quantitative estimate of drug-likeness (QED) is 0.876. The van der Waals surface area contributed by atoms with Gasteiger partial charge in [-0.25, -0.2) is 8.42 Å². The van der Waals surface area contributed by atoms with E-state index in [9.17, 15) is 8.42 Å². The molecule has 2 aliphatic rings. The van der Waals surface area contributed by atoms with E-state index in [4.69, 9.17) is 0 Å². The zero-order valence-electron chi connectivity index (χ0n) is 12.7. The number of sulfonamides is 1. The summed E-state index contributed by atoms with van der Waals surface area (Å²) in [6, 6.07) is 0.465. The van der Waals surface area contributed by atoms with Crippen molar-refractivity contribution in [1.82, 2.24) is 19.4 Å². The monoisotopic (exact) mass is 312 g/mol. The van der Waals surface area contributed by atoms with Gasteiger partial charge in [-0.1, -0.05) is 0 Å². The molecule has 1 aliphatic carbocycles. The van der Waals surface area contributed by atoms with Crippen LogP contribution in [0.25, 0.3) is 0 Å². The fraction of sp³-hybridized carbons (Fsp3) is 0.786. The summed E-state index contributed by atoms with van der Waals surface area (Å²) >= 11 is 0. The van der Waals surface area contributed by atoms with Gasteiger partial charge in [-0.05, 0) is 45.1 Å². The Labute approximate surface area is 126 Å². The molecule has 7 heteroatoms. The number of hydrogen-bond donors (Lipinski definition) is 1. The molecule has 3 rings (SSSR count). The topological polar surface area (TPSA) is 67.2 Å². The third-order valence-corrected chi connectivity index (χ3v) is 6.66. The van der Waals surface area contributed by atoms with E-state index < -0.39 is 10.0 Å². The Morgan fingerprint density at radius 2 is 1.95 bits per heavy atom. The molecule has 0 spiro atoms. The van der Waals surface area contributed by atoms with Gasteiger partial charge in [-0.2, -0.15) is 9.40 Å². The first-order valence-corrected chi connectivity index (χ1v) is 9.14. The van der Waals surface area contributed by atoms with Crippen molar-refractivity contribution in [3.8, 4) is 0 Å². The lowest BCUT2D eigenvalue weighted by molar-refractivity contribution is 0.288. The first-order chi connectivity index (χ1) is 9.98. The van der Waals surface area contributed by atoms with Crippen molar-refractivity contribution < 1.29 is 8.42 Å². The van der Waals surface area contributed by atoms with Crippen LogP contribution in [0.4, 0.5) is 0 Å². The number of aromatic nitrogens is 2. The molecule has 1 saturated carbocycles. The lowest BCUT2D eigenvalue weighted by Gasteiger charge is -2.31. The highest BCUT2D eigenvalue weighted by Gasteiger charge is 2.32. The highest BCUT2D eigenvalue weighted by atomic mass is 32.2. The molecule has 0 aromatic carbocycles. The van der Waals surface area contributed by atoms with Gasteiger partial charge in [-0.3, -0.25) is 4.68 Å². The largest absolute Gasteiger partial charge is 0.314 e. The van der Waals surface area contributed by atoms with Gasteiger partial charge in [0.05, 0.1) is 11.9 Å². The van der Waals surface area contributed by atoms with Crippen LogP contribution in [0.1, 0.15) is 31.4 Å². The highest BCUT2D eigenvalue weighted by molar-refractivity contribution is 7.89. The fourth-order valence-corrected chi connectivity index (χ4v) is 4.48. The van der Waals surface area contributed by atoms with E-state index in [-0.39, 0.29) is 0 Å². The predicted molar refractivity (Wildman–Crippen MR) is 80.5 cm³/mol. The molecule has 21 heavy (non-hydrogen) atoms. The molecule has 1 N–H and O–H groups in total. The maximum atomic E-state index is 12.7. The average Bonchev–Trinajstić information content (AvgIpc) is 3.23. The third kappa shape index (κ3) is 3.14. The molecule has 0 radical (unpaired) electrons. The van der Waals surface area contributed by atoms with Crippen molar-refractivity contribution in [2.45, 2.75) is 43.5 Å². The van der Waals surface area contributed by atoms with Crippen LogP contribution in [0.2, 0.25) is 0 Å². The molecule has 0 unspecified atom stereocenters. The van der Waals surface area contributed by atoms with E-state index in [1.807, 2.05) is 0 Å². The molecule has 1 saturated heterocycles. The highest BCUT2D eigenvalue weighted by Crippen LogP contribution is 2.28. The van der Waals surface area contributed by atoms with Gasteiger partial charge in [0.2, 0.25) is 10.0 Å². The molecule has 2 heterocycles. The Kier molecular flexibility index (Phi) is 4.07. The lowest BCUT2D eigenvalue weighted by Crippen LogP contribution is -2.45. The summed E-state index contributed by atoms with van der Waals surface area (Å²) in [5, 5.41) is 7.62. The summed E-state index contributed by atoms with van der Waals surface area (Å²) in [6.45, 7) is 4.08. The summed E-state index contributed by atoms with van der Waals surface area (Å²) in [6.07, 6.45) is 5.94. The SMILES string of the molecule is Cc1c(S(=O)(=O)N2CCC(NCC3CC3)CC2)cnn1C. The van der Waals surface area contributed by atoms with Crippen LogP contribution >= 0.6 is 0 Å². The van der Waals surface area contributed by atoms with Crippen molar-refractivity contribution >= 4 is 10.0 Å². The minimum absolute atomic E-state index is 0.342. The van der Waals surface area contributed by atoms with Crippen molar-refractivity contribution in [2.24, 2.45) is 13.0 Å². The predicted octanol–water partition coefficient (Wildman–Crippen LogP) is 0.881. The normalized spacial score (nSPS) is 21.8. The fourth-order valence-electron chi connectivity index (χ4n) is 2.83.